The van der Waals surface area contributed by atoms with Gasteiger partial charge in [-0.15, -0.1) is 0 Å². The fourth-order valence-corrected chi connectivity index (χ4v) is 2.52. The summed E-state index contributed by atoms with van der Waals surface area (Å²) in [6.45, 7) is 1.44. The summed E-state index contributed by atoms with van der Waals surface area (Å²) in [7, 11) is 1.40. The third kappa shape index (κ3) is 4.97. The fraction of sp³-hybridized carbons (Fsp3) is 0.562. The first-order valence-corrected chi connectivity index (χ1v) is 7.66. The molecule has 1 aromatic carbocycles. The molecular weight excluding hydrogens is 304 g/mol. The Bertz CT molecular complexity index is 544. The molecule has 0 bridgehead atoms. The van der Waals surface area contributed by atoms with E-state index >= 15 is 0 Å². The minimum atomic E-state index is -2.90. The molecule has 128 valence electrons. The first-order valence-electron chi connectivity index (χ1n) is 7.66. The summed E-state index contributed by atoms with van der Waals surface area (Å²) in [5.41, 5.74) is 6.75. The van der Waals surface area contributed by atoms with Crippen LogP contribution in [0.1, 0.15) is 25.3 Å². The van der Waals surface area contributed by atoms with Crippen LogP contribution in [-0.2, 0) is 6.54 Å². The van der Waals surface area contributed by atoms with E-state index in [2.05, 4.69) is 21.6 Å². The summed E-state index contributed by atoms with van der Waals surface area (Å²) >= 11 is 0. The van der Waals surface area contributed by atoms with Gasteiger partial charge in [0.2, 0.25) is 0 Å². The Balaban J connectivity index is 2.03. The Hall–Kier alpha value is -2.05. The minimum absolute atomic E-state index is 0.000527. The number of likely N-dealkylation sites (tertiary alicyclic amines) is 1. The van der Waals surface area contributed by atoms with Crippen molar-refractivity contribution in [3.63, 3.8) is 0 Å². The van der Waals surface area contributed by atoms with Crippen LogP contribution in [0.25, 0.3) is 0 Å². The zero-order valence-corrected chi connectivity index (χ0v) is 13.5. The summed E-state index contributed by atoms with van der Waals surface area (Å²) in [5, 5.41) is 0. The molecule has 1 aliphatic heterocycles. The van der Waals surface area contributed by atoms with Gasteiger partial charge in [-0.2, -0.15) is 8.78 Å². The van der Waals surface area contributed by atoms with Crippen molar-refractivity contribution in [1.82, 2.24) is 4.90 Å². The smallest absolute Gasteiger partial charge is 0.387 e. The van der Waals surface area contributed by atoms with Crippen LogP contribution in [0.4, 0.5) is 8.78 Å². The number of alkyl halides is 2. The van der Waals surface area contributed by atoms with Crippen LogP contribution in [0.5, 0.6) is 11.5 Å². The maximum atomic E-state index is 12.4. The largest absolute Gasteiger partial charge is 0.493 e. The number of methoxy groups -OCH3 is 1. The molecule has 0 atom stereocenters. The number of halogens is 2. The Morgan fingerprint density at radius 1 is 1.35 bits per heavy atom. The summed E-state index contributed by atoms with van der Waals surface area (Å²) < 4.78 is 34.3. The molecule has 0 aliphatic carbocycles. The van der Waals surface area contributed by atoms with Crippen molar-refractivity contribution in [2.24, 2.45) is 16.6 Å². The summed E-state index contributed by atoms with van der Waals surface area (Å²) in [4.78, 5) is 6.41. The highest BCUT2D eigenvalue weighted by Crippen LogP contribution is 2.29. The standard InChI is InChI=1S/C16H23F2N3O2/c1-11-5-7-21(8-6-11)16(19)20-10-12-3-4-13(22-2)14(9-12)23-15(17)18/h3-4,9,11,15H,5-8,10H2,1-2H3,(H2,19,20). The molecule has 23 heavy (non-hydrogen) atoms. The zero-order valence-electron chi connectivity index (χ0n) is 13.5. The number of ether oxygens (including phenoxy) is 2. The molecular formula is C16H23F2N3O2. The first-order chi connectivity index (χ1) is 11.0. The van der Waals surface area contributed by atoms with Gasteiger partial charge in [0.15, 0.2) is 17.5 Å². The van der Waals surface area contributed by atoms with Crippen LogP contribution in [0.15, 0.2) is 23.2 Å². The SMILES string of the molecule is COc1ccc(CN=C(N)N2CCC(C)CC2)cc1OC(F)F. The zero-order chi connectivity index (χ0) is 16.8. The van der Waals surface area contributed by atoms with Crippen LogP contribution < -0.4 is 15.2 Å². The molecule has 2 rings (SSSR count). The van der Waals surface area contributed by atoms with E-state index in [4.69, 9.17) is 10.5 Å². The first kappa shape index (κ1) is 17.3. The van der Waals surface area contributed by atoms with Crippen molar-refractivity contribution in [3.05, 3.63) is 23.8 Å². The number of hydrogen-bond acceptors (Lipinski definition) is 3. The predicted molar refractivity (Wildman–Crippen MR) is 84.9 cm³/mol. The number of guanidine groups is 1. The van der Waals surface area contributed by atoms with Crippen molar-refractivity contribution in [1.29, 1.82) is 0 Å². The van der Waals surface area contributed by atoms with Crippen molar-refractivity contribution in [2.45, 2.75) is 32.9 Å². The van der Waals surface area contributed by atoms with E-state index in [0.29, 0.717) is 12.5 Å². The number of hydrogen-bond donors (Lipinski definition) is 1. The van der Waals surface area contributed by atoms with Gasteiger partial charge in [0.05, 0.1) is 13.7 Å². The highest BCUT2D eigenvalue weighted by molar-refractivity contribution is 5.78. The third-order valence-corrected chi connectivity index (χ3v) is 3.98. The molecule has 1 aromatic rings. The number of rotatable bonds is 5. The molecule has 0 aromatic heterocycles. The predicted octanol–water partition coefficient (Wildman–Crippen LogP) is 2.84. The quantitative estimate of drug-likeness (QED) is 0.667. The van der Waals surface area contributed by atoms with Gasteiger partial charge in [0.25, 0.3) is 0 Å². The summed E-state index contributed by atoms with van der Waals surface area (Å²) in [6, 6.07) is 4.84. The third-order valence-electron chi connectivity index (χ3n) is 3.98. The lowest BCUT2D eigenvalue weighted by Gasteiger charge is -2.31. The van der Waals surface area contributed by atoms with Gasteiger partial charge in [0, 0.05) is 13.1 Å². The molecule has 0 amide bonds. The Kier molecular flexibility index (Phi) is 6.01. The maximum Gasteiger partial charge on any atom is 0.387 e. The number of piperidine rings is 1. The molecule has 1 fully saturated rings. The van der Waals surface area contributed by atoms with E-state index in [0.717, 1.165) is 37.4 Å². The van der Waals surface area contributed by atoms with E-state index in [-0.39, 0.29) is 11.5 Å². The lowest BCUT2D eigenvalue weighted by molar-refractivity contribution is -0.0512. The summed E-state index contributed by atoms with van der Waals surface area (Å²) in [6.07, 6.45) is 2.20. The second-order valence-corrected chi connectivity index (χ2v) is 5.71. The molecule has 1 saturated heterocycles. The van der Waals surface area contributed by atoms with Gasteiger partial charge in [-0.3, -0.25) is 0 Å². The van der Waals surface area contributed by atoms with E-state index in [9.17, 15) is 8.78 Å². The van der Waals surface area contributed by atoms with Crippen LogP contribution in [0.2, 0.25) is 0 Å². The van der Waals surface area contributed by atoms with Gasteiger partial charge in [-0.25, -0.2) is 4.99 Å². The molecule has 0 radical (unpaired) electrons. The topological polar surface area (TPSA) is 60.1 Å². The molecule has 0 spiro atoms. The van der Waals surface area contributed by atoms with Crippen LogP contribution in [0.3, 0.4) is 0 Å². The lowest BCUT2D eigenvalue weighted by atomic mass is 10.00. The van der Waals surface area contributed by atoms with Crippen LogP contribution in [0, 0.1) is 5.92 Å². The monoisotopic (exact) mass is 327 g/mol. The fourth-order valence-electron chi connectivity index (χ4n) is 2.52. The van der Waals surface area contributed by atoms with Crippen LogP contribution in [-0.4, -0.2) is 37.7 Å². The number of benzene rings is 1. The average Bonchev–Trinajstić information content (AvgIpc) is 2.53. The normalized spacial score (nSPS) is 16.7. The van der Waals surface area contributed by atoms with E-state index in [1.807, 2.05) is 0 Å². The Labute approximate surface area is 135 Å². The molecule has 1 heterocycles. The van der Waals surface area contributed by atoms with Crippen molar-refractivity contribution < 1.29 is 18.3 Å². The maximum absolute atomic E-state index is 12.4. The van der Waals surface area contributed by atoms with Crippen LogP contribution >= 0.6 is 0 Å². The molecule has 5 nitrogen and oxygen atoms in total. The lowest BCUT2D eigenvalue weighted by Crippen LogP contribution is -2.42. The second kappa shape index (κ2) is 7.99. The van der Waals surface area contributed by atoms with Crippen molar-refractivity contribution in [2.75, 3.05) is 20.2 Å². The van der Waals surface area contributed by atoms with Gasteiger partial charge in [-0.05, 0) is 36.5 Å². The van der Waals surface area contributed by atoms with Gasteiger partial charge >= 0.3 is 6.61 Å². The molecule has 7 heteroatoms. The number of nitrogens with zero attached hydrogens (tertiary/aromatic N) is 2. The van der Waals surface area contributed by atoms with Crippen molar-refractivity contribution >= 4 is 5.96 Å². The van der Waals surface area contributed by atoms with E-state index < -0.39 is 6.61 Å². The number of aliphatic imine (C=N–C) groups is 1. The minimum Gasteiger partial charge on any atom is -0.493 e. The second-order valence-electron chi connectivity index (χ2n) is 5.71. The van der Waals surface area contributed by atoms with Gasteiger partial charge in [0.1, 0.15) is 0 Å². The van der Waals surface area contributed by atoms with Gasteiger partial charge in [-0.1, -0.05) is 13.0 Å². The van der Waals surface area contributed by atoms with Gasteiger partial charge < -0.3 is 20.1 Å². The summed E-state index contributed by atoms with van der Waals surface area (Å²) in [5.74, 6) is 1.47. The highest BCUT2D eigenvalue weighted by atomic mass is 19.3. The molecule has 0 unspecified atom stereocenters. The average molecular weight is 327 g/mol. The molecule has 1 aliphatic rings. The van der Waals surface area contributed by atoms with E-state index in [1.165, 1.54) is 13.2 Å². The molecule has 0 saturated carbocycles. The molecule has 2 N–H and O–H groups in total. The number of nitrogens with two attached hydrogens (primary N) is 1. The van der Waals surface area contributed by atoms with Crippen molar-refractivity contribution in [3.8, 4) is 11.5 Å². The highest BCUT2D eigenvalue weighted by Gasteiger charge is 2.17. The Morgan fingerprint density at radius 2 is 2.04 bits per heavy atom. The van der Waals surface area contributed by atoms with E-state index in [1.54, 1.807) is 12.1 Å². The Morgan fingerprint density at radius 3 is 2.65 bits per heavy atom.